The highest BCUT2D eigenvalue weighted by atomic mass is 35.5. The van der Waals surface area contributed by atoms with Crippen LogP contribution < -0.4 is 10.2 Å². The van der Waals surface area contributed by atoms with Crippen molar-refractivity contribution in [2.24, 2.45) is 0 Å². The van der Waals surface area contributed by atoms with Gasteiger partial charge in [0.15, 0.2) is 5.76 Å². The molecule has 4 rings (SSSR count). The maximum atomic E-state index is 12.6. The second-order valence-electron chi connectivity index (χ2n) is 6.77. The number of thioether (sulfide) groups is 1. The van der Waals surface area contributed by atoms with Gasteiger partial charge in [-0.05, 0) is 36.9 Å². The molecule has 1 saturated heterocycles. The van der Waals surface area contributed by atoms with Crippen molar-refractivity contribution < 1.29 is 13.6 Å². The van der Waals surface area contributed by atoms with E-state index in [4.69, 9.17) is 20.4 Å². The van der Waals surface area contributed by atoms with Gasteiger partial charge in [0.25, 0.3) is 11.1 Å². The number of nitrogens with zero attached hydrogens (tertiary/aromatic N) is 4. The van der Waals surface area contributed by atoms with Crippen molar-refractivity contribution in [3.63, 3.8) is 0 Å². The first-order chi connectivity index (χ1) is 14.6. The van der Waals surface area contributed by atoms with E-state index >= 15 is 0 Å². The lowest BCUT2D eigenvalue weighted by molar-refractivity contribution is -0.113. The van der Waals surface area contributed by atoms with Gasteiger partial charge in [0.1, 0.15) is 0 Å². The summed E-state index contributed by atoms with van der Waals surface area (Å²) in [5, 5.41) is 11.7. The van der Waals surface area contributed by atoms with Crippen molar-refractivity contribution in [2.45, 2.75) is 12.1 Å². The maximum absolute atomic E-state index is 12.6. The molecule has 0 saturated carbocycles. The van der Waals surface area contributed by atoms with Crippen LogP contribution >= 0.6 is 23.4 Å². The van der Waals surface area contributed by atoms with E-state index < -0.39 is 0 Å². The lowest BCUT2D eigenvalue weighted by Gasteiger charge is -2.36. The Balaban J connectivity index is 1.38. The molecule has 158 valence electrons. The Kier molecular flexibility index (Phi) is 6.61. The highest BCUT2D eigenvalue weighted by Gasteiger charge is 2.20. The summed E-state index contributed by atoms with van der Waals surface area (Å²) in [6.07, 6.45) is 1.53. The molecule has 1 aliphatic rings. The third-order valence-corrected chi connectivity index (χ3v) is 5.91. The number of hydrogen-bond donors (Lipinski definition) is 1. The molecule has 1 amide bonds. The van der Waals surface area contributed by atoms with Crippen LogP contribution in [0.1, 0.15) is 6.92 Å². The van der Waals surface area contributed by atoms with Crippen LogP contribution in [0.3, 0.4) is 0 Å². The number of halogens is 1. The van der Waals surface area contributed by atoms with E-state index in [-0.39, 0.29) is 17.6 Å². The van der Waals surface area contributed by atoms with Crippen molar-refractivity contribution in [1.82, 2.24) is 15.1 Å². The summed E-state index contributed by atoms with van der Waals surface area (Å²) in [7, 11) is 0. The van der Waals surface area contributed by atoms with Gasteiger partial charge in [-0.15, -0.1) is 10.2 Å². The van der Waals surface area contributed by atoms with E-state index in [0.29, 0.717) is 21.7 Å². The highest BCUT2D eigenvalue weighted by Crippen LogP contribution is 2.30. The van der Waals surface area contributed by atoms with Crippen LogP contribution in [-0.4, -0.2) is 59.5 Å². The lowest BCUT2D eigenvalue weighted by atomic mass is 10.2. The van der Waals surface area contributed by atoms with Crippen LogP contribution in [0, 0.1) is 0 Å². The molecule has 1 N–H and O–H groups in total. The number of aromatic nitrogens is 2. The predicted octanol–water partition coefficient (Wildman–Crippen LogP) is 3.86. The largest absolute Gasteiger partial charge is 0.459 e. The fraction of sp³-hybridized carbons (Fsp3) is 0.350. The number of hydrogen-bond acceptors (Lipinski definition) is 8. The van der Waals surface area contributed by atoms with Gasteiger partial charge >= 0.3 is 0 Å². The first kappa shape index (κ1) is 20.8. The Bertz CT molecular complexity index is 986. The molecule has 10 heteroatoms. The summed E-state index contributed by atoms with van der Waals surface area (Å²) in [4.78, 5) is 17.2. The van der Waals surface area contributed by atoms with E-state index in [2.05, 4.69) is 32.2 Å². The number of amides is 1. The second kappa shape index (κ2) is 9.55. The highest BCUT2D eigenvalue weighted by molar-refractivity contribution is 7.99. The average Bonchev–Trinajstić information content (AvgIpc) is 3.44. The van der Waals surface area contributed by atoms with Gasteiger partial charge in [-0.3, -0.25) is 4.79 Å². The molecule has 1 aromatic carbocycles. The number of carbonyl (C=O) groups is 1. The van der Waals surface area contributed by atoms with E-state index in [1.54, 1.807) is 18.2 Å². The summed E-state index contributed by atoms with van der Waals surface area (Å²) in [6.45, 7) is 7.03. The molecule has 0 bridgehead atoms. The van der Waals surface area contributed by atoms with Crippen molar-refractivity contribution >= 4 is 40.6 Å². The van der Waals surface area contributed by atoms with E-state index in [1.165, 1.54) is 18.0 Å². The first-order valence-electron chi connectivity index (χ1n) is 9.69. The average molecular weight is 448 g/mol. The molecule has 0 atom stereocenters. The van der Waals surface area contributed by atoms with Crippen molar-refractivity contribution in [1.29, 1.82) is 0 Å². The molecular weight excluding hydrogens is 426 g/mol. The summed E-state index contributed by atoms with van der Waals surface area (Å²) in [6, 6.07) is 9.07. The molecule has 0 radical (unpaired) electrons. The zero-order valence-electron chi connectivity index (χ0n) is 16.5. The summed E-state index contributed by atoms with van der Waals surface area (Å²) >= 11 is 7.35. The number of anilines is 2. The number of rotatable bonds is 7. The van der Waals surface area contributed by atoms with Crippen LogP contribution in [0.2, 0.25) is 5.02 Å². The fourth-order valence-corrected chi connectivity index (χ4v) is 4.01. The Hall–Kier alpha value is -2.49. The Morgan fingerprint density at radius 1 is 1.23 bits per heavy atom. The van der Waals surface area contributed by atoms with Gasteiger partial charge in [0.05, 0.1) is 23.4 Å². The normalized spacial score (nSPS) is 14.8. The molecule has 1 aliphatic heterocycles. The quantitative estimate of drug-likeness (QED) is 0.546. The van der Waals surface area contributed by atoms with E-state index in [0.717, 1.165) is 38.4 Å². The van der Waals surface area contributed by atoms with Gasteiger partial charge in [-0.1, -0.05) is 30.3 Å². The van der Waals surface area contributed by atoms with E-state index in [1.807, 2.05) is 12.1 Å². The molecule has 3 heterocycles. The number of furan rings is 1. The third-order valence-electron chi connectivity index (χ3n) is 4.86. The van der Waals surface area contributed by atoms with Gasteiger partial charge in [-0.2, -0.15) is 0 Å². The molecule has 8 nitrogen and oxygen atoms in total. The van der Waals surface area contributed by atoms with Crippen LogP contribution in [0.5, 0.6) is 0 Å². The van der Waals surface area contributed by atoms with Gasteiger partial charge in [0.2, 0.25) is 5.91 Å². The molecule has 0 aliphatic carbocycles. The van der Waals surface area contributed by atoms with Crippen LogP contribution in [0.25, 0.3) is 11.7 Å². The number of likely N-dealkylation sites (N-methyl/N-ethyl adjacent to an activating group) is 1. The Morgan fingerprint density at radius 3 is 2.80 bits per heavy atom. The zero-order valence-corrected chi connectivity index (χ0v) is 18.1. The van der Waals surface area contributed by atoms with Crippen LogP contribution in [0.4, 0.5) is 11.4 Å². The summed E-state index contributed by atoms with van der Waals surface area (Å²) in [5.74, 6) is 0.736. The number of nitrogens with one attached hydrogen (secondary N) is 1. The molecule has 30 heavy (non-hydrogen) atoms. The minimum absolute atomic E-state index is 0.134. The standard InChI is InChI=1S/C20H22ClN5O3S/c1-2-25-7-9-26(10-8-25)16-6-5-14(21)12-15(16)22-18(27)13-30-20-24-23-19(29-20)17-4-3-11-28-17/h3-6,11-12H,2,7-10,13H2,1H3,(H,22,27). The molecule has 0 spiro atoms. The zero-order chi connectivity index (χ0) is 20.9. The van der Waals surface area contributed by atoms with Crippen molar-refractivity contribution in [3.05, 3.63) is 41.6 Å². The minimum Gasteiger partial charge on any atom is -0.459 e. The topological polar surface area (TPSA) is 87.6 Å². The van der Waals surface area contributed by atoms with Crippen molar-refractivity contribution in [2.75, 3.05) is 48.7 Å². The number of carbonyl (C=O) groups excluding carboxylic acids is 1. The lowest BCUT2D eigenvalue weighted by Crippen LogP contribution is -2.46. The minimum atomic E-state index is -0.173. The third kappa shape index (κ3) is 4.97. The molecule has 3 aromatic rings. The van der Waals surface area contributed by atoms with Gasteiger partial charge < -0.3 is 24.0 Å². The molecule has 2 aromatic heterocycles. The maximum Gasteiger partial charge on any atom is 0.284 e. The van der Waals surface area contributed by atoms with Crippen molar-refractivity contribution in [3.8, 4) is 11.7 Å². The second-order valence-corrected chi connectivity index (χ2v) is 8.13. The number of piperazine rings is 1. The summed E-state index contributed by atoms with van der Waals surface area (Å²) < 4.78 is 10.7. The molecular formula is C20H22ClN5O3S. The van der Waals surface area contributed by atoms with Crippen LogP contribution in [0.15, 0.2) is 50.7 Å². The Labute approximate surface area is 183 Å². The predicted molar refractivity (Wildman–Crippen MR) is 117 cm³/mol. The van der Waals surface area contributed by atoms with E-state index in [9.17, 15) is 4.79 Å². The summed E-state index contributed by atoms with van der Waals surface area (Å²) in [5.41, 5.74) is 1.69. The molecule has 0 unspecified atom stereocenters. The molecule has 1 fully saturated rings. The SMILES string of the molecule is CCN1CCN(c2ccc(Cl)cc2NC(=O)CSc2nnc(-c3ccco3)o2)CC1. The van der Waals surface area contributed by atoms with Crippen LogP contribution in [-0.2, 0) is 4.79 Å². The van der Waals surface area contributed by atoms with Gasteiger partial charge in [-0.25, -0.2) is 0 Å². The van der Waals surface area contributed by atoms with Gasteiger partial charge in [0, 0.05) is 31.2 Å². The first-order valence-corrected chi connectivity index (χ1v) is 11.1. The fourth-order valence-electron chi connectivity index (χ4n) is 3.27. The monoisotopic (exact) mass is 447 g/mol. The Morgan fingerprint density at radius 2 is 2.07 bits per heavy atom. The smallest absolute Gasteiger partial charge is 0.284 e. The number of benzene rings is 1.